The first kappa shape index (κ1) is 15.4. The smallest absolute Gasteiger partial charge is 0.259 e. The van der Waals surface area contributed by atoms with Gasteiger partial charge in [0.05, 0.1) is 11.3 Å². The molecule has 23 heavy (non-hydrogen) atoms. The minimum absolute atomic E-state index is 0.186. The van der Waals surface area contributed by atoms with Crippen LogP contribution in [0.1, 0.15) is 28.6 Å². The molecular weight excluding hydrogens is 306 g/mol. The maximum absolute atomic E-state index is 12.2. The van der Waals surface area contributed by atoms with Crippen LogP contribution in [0.3, 0.4) is 0 Å². The molecule has 0 spiro atoms. The van der Waals surface area contributed by atoms with Crippen LogP contribution in [0.5, 0.6) is 0 Å². The lowest BCUT2D eigenvalue weighted by Gasteiger charge is -2.00. The van der Waals surface area contributed by atoms with Crippen LogP contribution in [-0.2, 0) is 6.42 Å². The number of thiazole rings is 1. The summed E-state index contributed by atoms with van der Waals surface area (Å²) >= 11 is 1.54. The SMILES string of the molecule is CCCc1sc(NC(=O)c2cccnc2)nc1-c1ccccc1. The largest absolute Gasteiger partial charge is 0.298 e. The van der Waals surface area contributed by atoms with Crippen molar-refractivity contribution in [3.63, 3.8) is 0 Å². The molecule has 0 saturated heterocycles. The number of rotatable bonds is 5. The van der Waals surface area contributed by atoms with Gasteiger partial charge in [0.1, 0.15) is 0 Å². The Balaban J connectivity index is 1.88. The second-order valence-electron chi connectivity index (χ2n) is 5.10. The number of benzene rings is 1. The van der Waals surface area contributed by atoms with E-state index in [-0.39, 0.29) is 5.91 Å². The summed E-state index contributed by atoms with van der Waals surface area (Å²) in [6.45, 7) is 2.14. The molecule has 4 nitrogen and oxygen atoms in total. The summed E-state index contributed by atoms with van der Waals surface area (Å²) in [6.07, 6.45) is 5.18. The van der Waals surface area contributed by atoms with Gasteiger partial charge in [-0.15, -0.1) is 11.3 Å². The lowest BCUT2D eigenvalue weighted by molar-refractivity contribution is 0.102. The Labute approximate surface area is 139 Å². The number of aromatic nitrogens is 2. The number of hydrogen-bond acceptors (Lipinski definition) is 4. The summed E-state index contributed by atoms with van der Waals surface area (Å²) in [5, 5.41) is 3.50. The van der Waals surface area contributed by atoms with Crippen molar-refractivity contribution in [1.82, 2.24) is 9.97 Å². The van der Waals surface area contributed by atoms with Gasteiger partial charge in [-0.05, 0) is 18.6 Å². The van der Waals surface area contributed by atoms with E-state index in [1.54, 1.807) is 24.5 Å². The van der Waals surface area contributed by atoms with E-state index in [1.807, 2.05) is 30.3 Å². The molecular formula is C18H17N3OS. The number of anilines is 1. The molecule has 0 aliphatic carbocycles. The molecule has 0 unspecified atom stereocenters. The number of nitrogens with zero attached hydrogens (tertiary/aromatic N) is 2. The van der Waals surface area contributed by atoms with Gasteiger partial charge in [-0.3, -0.25) is 15.1 Å². The van der Waals surface area contributed by atoms with E-state index >= 15 is 0 Å². The van der Waals surface area contributed by atoms with Crippen LogP contribution in [0.2, 0.25) is 0 Å². The summed E-state index contributed by atoms with van der Waals surface area (Å²) in [5.74, 6) is -0.186. The second-order valence-corrected chi connectivity index (χ2v) is 6.19. The molecule has 0 fully saturated rings. The normalized spacial score (nSPS) is 10.5. The lowest BCUT2D eigenvalue weighted by Crippen LogP contribution is -2.11. The van der Waals surface area contributed by atoms with E-state index in [4.69, 9.17) is 0 Å². The van der Waals surface area contributed by atoms with Gasteiger partial charge in [0.2, 0.25) is 0 Å². The lowest BCUT2D eigenvalue weighted by atomic mass is 10.1. The van der Waals surface area contributed by atoms with Gasteiger partial charge in [-0.2, -0.15) is 0 Å². The molecule has 2 heterocycles. The van der Waals surface area contributed by atoms with Gasteiger partial charge in [-0.1, -0.05) is 43.7 Å². The van der Waals surface area contributed by atoms with Crippen molar-refractivity contribution in [2.45, 2.75) is 19.8 Å². The predicted octanol–water partition coefficient (Wildman–Crippen LogP) is 4.41. The number of carbonyl (C=O) groups is 1. The summed E-state index contributed by atoms with van der Waals surface area (Å²) in [7, 11) is 0. The molecule has 116 valence electrons. The second kappa shape index (κ2) is 7.15. The van der Waals surface area contributed by atoms with Crippen LogP contribution >= 0.6 is 11.3 Å². The van der Waals surface area contributed by atoms with Crippen molar-refractivity contribution in [3.8, 4) is 11.3 Å². The van der Waals surface area contributed by atoms with Crippen LogP contribution in [0, 0.1) is 0 Å². The van der Waals surface area contributed by atoms with Gasteiger partial charge in [0.25, 0.3) is 5.91 Å². The fourth-order valence-electron chi connectivity index (χ4n) is 2.29. The molecule has 1 aromatic carbocycles. The number of hydrogen-bond donors (Lipinski definition) is 1. The molecule has 0 atom stereocenters. The van der Waals surface area contributed by atoms with E-state index < -0.39 is 0 Å². The van der Waals surface area contributed by atoms with Gasteiger partial charge in [0.15, 0.2) is 5.13 Å². The first-order chi connectivity index (χ1) is 11.3. The highest BCUT2D eigenvalue weighted by Gasteiger charge is 2.15. The van der Waals surface area contributed by atoms with Crippen LogP contribution in [-0.4, -0.2) is 15.9 Å². The zero-order valence-corrected chi connectivity index (χ0v) is 13.6. The van der Waals surface area contributed by atoms with Crippen molar-refractivity contribution >= 4 is 22.4 Å². The topological polar surface area (TPSA) is 54.9 Å². The Hall–Kier alpha value is -2.53. The average Bonchev–Trinajstić information content (AvgIpc) is 2.99. The molecule has 0 aliphatic rings. The fourth-order valence-corrected chi connectivity index (χ4v) is 3.37. The van der Waals surface area contributed by atoms with E-state index in [0.717, 1.165) is 24.1 Å². The fraction of sp³-hybridized carbons (Fsp3) is 0.167. The summed E-state index contributed by atoms with van der Waals surface area (Å²) < 4.78 is 0. The third-order valence-corrected chi connectivity index (χ3v) is 4.40. The maximum Gasteiger partial charge on any atom is 0.259 e. The molecule has 1 amide bonds. The molecule has 3 rings (SSSR count). The average molecular weight is 323 g/mol. The number of amides is 1. The molecule has 1 N–H and O–H groups in total. The van der Waals surface area contributed by atoms with Crippen molar-refractivity contribution in [3.05, 3.63) is 65.3 Å². The summed E-state index contributed by atoms with van der Waals surface area (Å²) in [4.78, 5) is 22.0. The number of nitrogens with one attached hydrogen (secondary N) is 1. The van der Waals surface area contributed by atoms with Crippen molar-refractivity contribution < 1.29 is 4.79 Å². The molecule has 0 saturated carbocycles. The van der Waals surface area contributed by atoms with Crippen LogP contribution in [0.4, 0.5) is 5.13 Å². The minimum Gasteiger partial charge on any atom is -0.298 e. The van der Waals surface area contributed by atoms with Crippen molar-refractivity contribution in [2.75, 3.05) is 5.32 Å². The molecule has 0 aliphatic heterocycles. The molecule has 0 radical (unpaired) electrons. The van der Waals surface area contributed by atoms with Gasteiger partial charge >= 0.3 is 0 Å². The zero-order chi connectivity index (χ0) is 16.1. The van der Waals surface area contributed by atoms with Gasteiger partial charge in [0, 0.05) is 22.8 Å². The van der Waals surface area contributed by atoms with Crippen LogP contribution in [0.15, 0.2) is 54.9 Å². The standard InChI is InChI=1S/C18H17N3OS/c1-2-7-15-16(13-8-4-3-5-9-13)20-18(23-15)21-17(22)14-10-6-11-19-12-14/h3-6,8-12H,2,7H2,1H3,(H,20,21,22). The highest BCUT2D eigenvalue weighted by Crippen LogP contribution is 2.32. The first-order valence-electron chi connectivity index (χ1n) is 7.54. The Morgan fingerprint density at radius 2 is 2.00 bits per heavy atom. The van der Waals surface area contributed by atoms with E-state index in [2.05, 4.69) is 22.2 Å². The first-order valence-corrected chi connectivity index (χ1v) is 8.36. The molecule has 5 heteroatoms. The van der Waals surface area contributed by atoms with Crippen molar-refractivity contribution in [2.24, 2.45) is 0 Å². The summed E-state index contributed by atoms with van der Waals surface area (Å²) in [6, 6.07) is 13.6. The molecule has 3 aromatic rings. The quantitative estimate of drug-likeness (QED) is 0.756. The van der Waals surface area contributed by atoms with E-state index in [0.29, 0.717) is 10.7 Å². The van der Waals surface area contributed by atoms with Crippen LogP contribution < -0.4 is 5.32 Å². The number of pyridine rings is 1. The zero-order valence-electron chi connectivity index (χ0n) is 12.8. The Morgan fingerprint density at radius 3 is 2.70 bits per heavy atom. The van der Waals surface area contributed by atoms with E-state index in [1.165, 1.54) is 16.2 Å². The van der Waals surface area contributed by atoms with Crippen LogP contribution in [0.25, 0.3) is 11.3 Å². The monoisotopic (exact) mass is 323 g/mol. The predicted molar refractivity (Wildman–Crippen MR) is 93.7 cm³/mol. The van der Waals surface area contributed by atoms with Gasteiger partial charge < -0.3 is 0 Å². The Morgan fingerprint density at radius 1 is 1.17 bits per heavy atom. The Kier molecular flexibility index (Phi) is 4.78. The minimum atomic E-state index is -0.186. The third-order valence-electron chi connectivity index (χ3n) is 3.37. The van der Waals surface area contributed by atoms with Gasteiger partial charge in [-0.25, -0.2) is 4.98 Å². The van der Waals surface area contributed by atoms with Crippen molar-refractivity contribution in [1.29, 1.82) is 0 Å². The molecule has 0 bridgehead atoms. The summed E-state index contributed by atoms with van der Waals surface area (Å²) in [5.41, 5.74) is 2.56. The third kappa shape index (κ3) is 3.63. The number of aryl methyl sites for hydroxylation is 1. The maximum atomic E-state index is 12.2. The highest BCUT2D eigenvalue weighted by molar-refractivity contribution is 7.16. The molecule has 2 aromatic heterocycles. The van der Waals surface area contributed by atoms with E-state index in [9.17, 15) is 4.79 Å². The number of carbonyl (C=O) groups excluding carboxylic acids is 1. The highest BCUT2D eigenvalue weighted by atomic mass is 32.1. The Bertz CT molecular complexity index is 785.